The van der Waals surface area contributed by atoms with Gasteiger partial charge < -0.3 is 9.47 Å². The van der Waals surface area contributed by atoms with Gasteiger partial charge in [0.15, 0.2) is 0 Å². The summed E-state index contributed by atoms with van der Waals surface area (Å²) in [6.07, 6.45) is 1.50. The van der Waals surface area contributed by atoms with Crippen LogP contribution in [0, 0.1) is 22.7 Å². The molecule has 0 unspecified atom stereocenters. The molecule has 4 aromatic carbocycles. The van der Waals surface area contributed by atoms with Gasteiger partial charge in [-0.3, -0.25) is 9.59 Å². The first-order valence-electron chi connectivity index (χ1n) is 11.3. The van der Waals surface area contributed by atoms with Gasteiger partial charge in [-0.2, -0.15) is 10.5 Å². The Balaban J connectivity index is 1.63. The Bertz CT molecular complexity index is 1500. The fraction of sp³-hybridized carbons (Fsp3) is 0.0667. The Labute approximate surface area is 236 Å². The molecule has 0 aromatic heterocycles. The van der Waals surface area contributed by atoms with E-state index in [1.54, 1.807) is 60.7 Å². The van der Waals surface area contributed by atoms with Crippen molar-refractivity contribution in [3.05, 3.63) is 115 Å². The fourth-order valence-corrected chi connectivity index (χ4v) is 4.90. The minimum Gasteiger partial charge on any atom is -0.488 e. The van der Waals surface area contributed by atoms with Crippen LogP contribution in [0.25, 0.3) is 11.1 Å². The third-order valence-electron chi connectivity index (χ3n) is 5.77. The van der Waals surface area contributed by atoms with Crippen molar-refractivity contribution in [1.29, 1.82) is 10.5 Å². The molecule has 8 heteroatoms. The number of hydrogen-bond acceptors (Lipinski definition) is 6. The molecule has 0 heterocycles. The van der Waals surface area contributed by atoms with Crippen molar-refractivity contribution in [3.8, 4) is 34.8 Å². The molecule has 4 rings (SSSR count). The molecule has 0 saturated carbocycles. The molecule has 186 valence electrons. The SMILES string of the molecule is N#Cc1c(COc2ccc(C=O)cc2Br)cccc1-c1cccc(COc2ccc(C=O)cc2Br)c1C#N. The van der Waals surface area contributed by atoms with Crippen LogP contribution in [-0.4, -0.2) is 12.6 Å². The second-order valence-corrected chi connectivity index (χ2v) is 9.80. The summed E-state index contributed by atoms with van der Waals surface area (Å²) in [7, 11) is 0. The molecule has 0 bridgehead atoms. The maximum Gasteiger partial charge on any atom is 0.150 e. The predicted molar refractivity (Wildman–Crippen MR) is 149 cm³/mol. The van der Waals surface area contributed by atoms with E-state index in [0.717, 1.165) is 12.6 Å². The summed E-state index contributed by atoms with van der Waals surface area (Å²) in [5.74, 6) is 1.07. The molecule has 4 aromatic rings. The molecule has 0 atom stereocenters. The molecule has 0 aliphatic heterocycles. The third kappa shape index (κ3) is 5.84. The Morgan fingerprint density at radius 1 is 0.658 bits per heavy atom. The first kappa shape index (κ1) is 26.8. The number of carbonyl (C=O) groups excluding carboxylic acids is 2. The Morgan fingerprint density at radius 2 is 1.08 bits per heavy atom. The summed E-state index contributed by atoms with van der Waals surface area (Å²) in [6, 6.07) is 25.3. The Kier molecular flexibility index (Phi) is 8.70. The summed E-state index contributed by atoms with van der Waals surface area (Å²) in [5.41, 5.74) is 4.36. The van der Waals surface area contributed by atoms with E-state index in [4.69, 9.17) is 9.47 Å². The zero-order valence-corrected chi connectivity index (χ0v) is 23.0. The van der Waals surface area contributed by atoms with Crippen LogP contribution in [0.3, 0.4) is 0 Å². The van der Waals surface area contributed by atoms with Gasteiger partial charge in [0.1, 0.15) is 49.4 Å². The molecule has 0 saturated heterocycles. The monoisotopic (exact) mass is 628 g/mol. The predicted octanol–water partition coefficient (Wildman–Crippen LogP) is 7.40. The van der Waals surface area contributed by atoms with Crippen molar-refractivity contribution in [2.75, 3.05) is 0 Å². The number of halogens is 2. The number of rotatable bonds is 9. The second kappa shape index (κ2) is 12.3. The van der Waals surface area contributed by atoms with E-state index in [1.807, 2.05) is 12.1 Å². The molecule has 0 N–H and O–H groups in total. The number of benzene rings is 4. The van der Waals surface area contributed by atoms with Crippen molar-refractivity contribution in [3.63, 3.8) is 0 Å². The molecule has 6 nitrogen and oxygen atoms in total. The Morgan fingerprint density at radius 3 is 1.42 bits per heavy atom. The van der Waals surface area contributed by atoms with Crippen LogP contribution in [-0.2, 0) is 13.2 Å². The number of aldehydes is 2. The van der Waals surface area contributed by atoms with Gasteiger partial charge in [-0.05, 0) is 68.3 Å². The van der Waals surface area contributed by atoms with Crippen LogP contribution in [0.4, 0.5) is 0 Å². The summed E-state index contributed by atoms with van der Waals surface area (Å²) >= 11 is 6.81. The maximum absolute atomic E-state index is 11.0. The van der Waals surface area contributed by atoms with Gasteiger partial charge in [-0.25, -0.2) is 0 Å². The average Bonchev–Trinajstić information content (AvgIpc) is 2.95. The average molecular weight is 630 g/mol. The topological polar surface area (TPSA) is 100 Å². The number of ether oxygens (including phenoxy) is 2. The van der Waals surface area contributed by atoms with Crippen molar-refractivity contribution in [2.45, 2.75) is 13.2 Å². The van der Waals surface area contributed by atoms with E-state index in [1.165, 1.54) is 0 Å². The van der Waals surface area contributed by atoms with Crippen LogP contribution < -0.4 is 9.47 Å². The van der Waals surface area contributed by atoms with Crippen molar-refractivity contribution < 1.29 is 19.1 Å². The minimum atomic E-state index is 0.116. The van der Waals surface area contributed by atoms with Gasteiger partial charge in [-0.15, -0.1) is 0 Å². The molecular weight excluding hydrogens is 612 g/mol. The van der Waals surface area contributed by atoms with E-state index < -0.39 is 0 Å². The highest BCUT2D eigenvalue weighted by atomic mass is 79.9. The van der Waals surface area contributed by atoms with Crippen molar-refractivity contribution >= 4 is 44.4 Å². The highest BCUT2D eigenvalue weighted by Gasteiger charge is 2.17. The van der Waals surface area contributed by atoms with E-state index in [-0.39, 0.29) is 13.2 Å². The number of nitrogens with zero attached hydrogens (tertiary/aromatic N) is 2. The molecular formula is C30H18Br2N2O4. The van der Waals surface area contributed by atoms with Crippen molar-refractivity contribution in [1.82, 2.24) is 0 Å². The van der Waals surface area contributed by atoms with Crippen LogP contribution in [0.15, 0.2) is 81.7 Å². The van der Waals surface area contributed by atoms with Crippen LogP contribution in [0.2, 0.25) is 0 Å². The maximum atomic E-state index is 11.0. The third-order valence-corrected chi connectivity index (χ3v) is 7.01. The lowest BCUT2D eigenvalue weighted by molar-refractivity contribution is 0.111. The van der Waals surface area contributed by atoms with Crippen LogP contribution in [0.1, 0.15) is 43.0 Å². The van der Waals surface area contributed by atoms with E-state index in [0.29, 0.717) is 65.0 Å². The molecule has 38 heavy (non-hydrogen) atoms. The lowest BCUT2D eigenvalue weighted by Gasteiger charge is -2.15. The first-order chi connectivity index (χ1) is 18.5. The van der Waals surface area contributed by atoms with E-state index in [2.05, 4.69) is 44.0 Å². The number of nitriles is 2. The first-order valence-corrected chi connectivity index (χ1v) is 12.9. The number of hydrogen-bond donors (Lipinski definition) is 0. The molecule has 0 aliphatic carbocycles. The van der Waals surface area contributed by atoms with Crippen molar-refractivity contribution in [2.24, 2.45) is 0 Å². The standard InChI is InChI=1S/C30H18Br2N2O4/c31-27-11-19(15-35)7-9-29(27)37-17-21-3-1-5-23(25(21)13-33)24-6-2-4-22(26(24)14-34)18-38-30-10-8-20(16-36)12-28(30)32/h1-12,15-16H,17-18H2. The molecule has 0 spiro atoms. The zero-order chi connectivity index (χ0) is 27.1. The van der Waals surface area contributed by atoms with Gasteiger partial charge in [0.25, 0.3) is 0 Å². The lowest BCUT2D eigenvalue weighted by atomic mass is 9.91. The quantitative estimate of drug-likeness (QED) is 0.179. The second-order valence-electron chi connectivity index (χ2n) is 8.10. The fourth-order valence-electron chi connectivity index (χ4n) is 3.88. The largest absolute Gasteiger partial charge is 0.488 e. The van der Waals surface area contributed by atoms with Gasteiger partial charge in [0.05, 0.1) is 20.1 Å². The van der Waals surface area contributed by atoms with E-state index >= 15 is 0 Å². The van der Waals surface area contributed by atoms with Crippen LogP contribution >= 0.6 is 31.9 Å². The molecule has 0 aliphatic rings. The lowest BCUT2D eigenvalue weighted by Crippen LogP contribution is -2.03. The van der Waals surface area contributed by atoms with Gasteiger partial charge >= 0.3 is 0 Å². The Hall–Kier alpha value is -4.24. The van der Waals surface area contributed by atoms with Gasteiger partial charge in [0.2, 0.25) is 0 Å². The zero-order valence-electron chi connectivity index (χ0n) is 19.8. The van der Waals surface area contributed by atoms with Crippen LogP contribution in [0.5, 0.6) is 11.5 Å². The van der Waals surface area contributed by atoms with Gasteiger partial charge in [0, 0.05) is 33.4 Å². The molecule has 0 radical (unpaired) electrons. The highest BCUT2D eigenvalue weighted by Crippen LogP contribution is 2.33. The summed E-state index contributed by atoms with van der Waals surface area (Å²) in [4.78, 5) is 22.0. The smallest absolute Gasteiger partial charge is 0.150 e. The summed E-state index contributed by atoms with van der Waals surface area (Å²) in [6.45, 7) is 0.233. The highest BCUT2D eigenvalue weighted by molar-refractivity contribution is 9.10. The molecule has 0 fully saturated rings. The minimum absolute atomic E-state index is 0.116. The summed E-state index contributed by atoms with van der Waals surface area (Å²) in [5, 5.41) is 20.1. The number of carbonyl (C=O) groups is 2. The van der Waals surface area contributed by atoms with Gasteiger partial charge in [-0.1, -0.05) is 36.4 Å². The van der Waals surface area contributed by atoms with E-state index in [9.17, 15) is 20.1 Å². The molecule has 0 amide bonds. The summed E-state index contributed by atoms with van der Waals surface area (Å²) < 4.78 is 13.1. The normalized spacial score (nSPS) is 10.2.